The smallest absolute Gasteiger partial charge is 0.411 e. The predicted octanol–water partition coefficient (Wildman–Crippen LogP) is 3.92. The molecular formula is C16H27ClN2O2. The van der Waals surface area contributed by atoms with E-state index in [9.17, 15) is 4.79 Å². The summed E-state index contributed by atoms with van der Waals surface area (Å²) in [5.41, 5.74) is 4.16. The minimum absolute atomic E-state index is 0. The monoisotopic (exact) mass is 314 g/mol. The Morgan fingerprint density at radius 3 is 2.14 bits per heavy atom. The summed E-state index contributed by atoms with van der Waals surface area (Å²) in [6.45, 7) is 13.4. The number of amides is 1. The van der Waals surface area contributed by atoms with Crippen LogP contribution in [0.4, 0.5) is 10.5 Å². The van der Waals surface area contributed by atoms with Gasteiger partial charge in [-0.2, -0.15) is 0 Å². The number of aryl methyl sites for hydroxylation is 3. The van der Waals surface area contributed by atoms with Gasteiger partial charge in [-0.1, -0.05) is 31.5 Å². The molecule has 0 radical (unpaired) electrons. The Balaban J connectivity index is 0.00000400. The van der Waals surface area contributed by atoms with E-state index in [4.69, 9.17) is 4.74 Å². The largest absolute Gasteiger partial charge is 0.448 e. The molecule has 0 aliphatic carbocycles. The molecule has 0 spiro atoms. The van der Waals surface area contributed by atoms with Gasteiger partial charge in [-0.25, -0.2) is 4.79 Å². The zero-order chi connectivity index (χ0) is 15.1. The summed E-state index contributed by atoms with van der Waals surface area (Å²) in [6, 6.07) is 4.11. The van der Waals surface area contributed by atoms with Gasteiger partial charge in [-0.15, -0.1) is 12.4 Å². The van der Waals surface area contributed by atoms with Gasteiger partial charge in [0.2, 0.25) is 0 Å². The van der Waals surface area contributed by atoms with Crippen LogP contribution in [0.2, 0.25) is 0 Å². The number of carbonyl (C=O) groups excluding carboxylic acids is 1. The lowest BCUT2D eigenvalue weighted by atomic mass is 10.1. The third-order valence-electron chi connectivity index (χ3n) is 3.44. The van der Waals surface area contributed by atoms with Crippen LogP contribution in [0, 0.1) is 20.8 Å². The van der Waals surface area contributed by atoms with E-state index in [0.717, 1.165) is 36.4 Å². The van der Waals surface area contributed by atoms with Gasteiger partial charge < -0.3 is 9.64 Å². The number of benzene rings is 1. The van der Waals surface area contributed by atoms with E-state index in [-0.39, 0.29) is 18.5 Å². The third kappa shape index (κ3) is 6.36. The van der Waals surface area contributed by atoms with E-state index in [1.165, 1.54) is 5.56 Å². The normalized spacial score (nSPS) is 10.2. The van der Waals surface area contributed by atoms with Crippen molar-refractivity contribution in [3.8, 4) is 0 Å². The maximum Gasteiger partial charge on any atom is 0.411 e. The van der Waals surface area contributed by atoms with Gasteiger partial charge in [0, 0.05) is 12.2 Å². The minimum atomic E-state index is -0.382. The molecule has 1 aromatic rings. The lowest BCUT2D eigenvalue weighted by molar-refractivity contribution is 0.142. The zero-order valence-corrected chi connectivity index (χ0v) is 14.5. The molecule has 21 heavy (non-hydrogen) atoms. The average molecular weight is 315 g/mol. The number of rotatable bonds is 6. The van der Waals surface area contributed by atoms with Crippen LogP contribution >= 0.6 is 12.4 Å². The Hall–Kier alpha value is -1.26. The standard InChI is InChI=1S/C16H26N2O2.ClH/c1-6-18(7-2)8-9-20-16(19)17-15-13(4)10-12(3)11-14(15)5;/h10-11H,6-9H2,1-5H3,(H,17,19);1H. The van der Waals surface area contributed by atoms with Crippen LogP contribution in [0.1, 0.15) is 30.5 Å². The first kappa shape index (κ1) is 19.7. The molecule has 0 unspecified atom stereocenters. The molecule has 1 aromatic carbocycles. The van der Waals surface area contributed by atoms with Crippen molar-refractivity contribution < 1.29 is 9.53 Å². The number of likely N-dealkylation sites (N-methyl/N-ethyl adjacent to an activating group) is 1. The van der Waals surface area contributed by atoms with Crippen molar-refractivity contribution in [2.45, 2.75) is 34.6 Å². The fourth-order valence-electron chi connectivity index (χ4n) is 2.32. The third-order valence-corrected chi connectivity index (χ3v) is 3.44. The van der Waals surface area contributed by atoms with Crippen LogP contribution in [0.25, 0.3) is 0 Å². The Morgan fingerprint density at radius 2 is 1.67 bits per heavy atom. The Kier molecular flexibility index (Phi) is 9.06. The second-order valence-electron chi connectivity index (χ2n) is 5.06. The fraction of sp³-hybridized carbons (Fsp3) is 0.562. The molecule has 1 rings (SSSR count). The van der Waals surface area contributed by atoms with Gasteiger partial charge in [0.1, 0.15) is 6.61 Å². The van der Waals surface area contributed by atoms with Gasteiger partial charge in [0.05, 0.1) is 0 Å². The molecule has 0 heterocycles. The lowest BCUT2D eigenvalue weighted by Gasteiger charge is -2.18. The van der Waals surface area contributed by atoms with E-state index in [2.05, 4.69) is 36.2 Å². The molecule has 5 heteroatoms. The first-order valence-corrected chi connectivity index (χ1v) is 7.21. The van der Waals surface area contributed by atoms with Gasteiger partial charge in [-0.05, 0) is 45.0 Å². The minimum Gasteiger partial charge on any atom is -0.448 e. The average Bonchev–Trinajstić information content (AvgIpc) is 2.39. The number of halogens is 1. The number of carbonyl (C=O) groups is 1. The molecule has 0 aliphatic heterocycles. The molecule has 0 aliphatic rings. The number of hydrogen-bond acceptors (Lipinski definition) is 3. The van der Waals surface area contributed by atoms with Crippen LogP contribution < -0.4 is 5.32 Å². The molecule has 0 bridgehead atoms. The molecule has 0 aromatic heterocycles. The van der Waals surface area contributed by atoms with E-state index in [1.54, 1.807) is 0 Å². The van der Waals surface area contributed by atoms with Crippen molar-refractivity contribution in [2.24, 2.45) is 0 Å². The molecule has 1 N–H and O–H groups in total. The SMILES string of the molecule is CCN(CC)CCOC(=O)Nc1c(C)cc(C)cc1C.Cl. The maximum absolute atomic E-state index is 11.8. The van der Waals surface area contributed by atoms with Gasteiger partial charge in [0.25, 0.3) is 0 Å². The molecule has 4 nitrogen and oxygen atoms in total. The van der Waals surface area contributed by atoms with Gasteiger partial charge in [-0.3, -0.25) is 5.32 Å². The summed E-state index contributed by atoms with van der Waals surface area (Å²) in [7, 11) is 0. The number of nitrogens with zero attached hydrogens (tertiary/aromatic N) is 1. The maximum atomic E-state index is 11.8. The summed E-state index contributed by atoms with van der Waals surface area (Å²) >= 11 is 0. The van der Waals surface area contributed by atoms with Crippen LogP contribution in [-0.4, -0.2) is 37.2 Å². The second kappa shape index (κ2) is 9.64. The summed E-state index contributed by atoms with van der Waals surface area (Å²) < 4.78 is 5.23. The van der Waals surface area contributed by atoms with E-state index < -0.39 is 0 Å². The number of ether oxygens (including phenoxy) is 1. The molecule has 1 amide bonds. The molecule has 0 atom stereocenters. The Morgan fingerprint density at radius 1 is 1.14 bits per heavy atom. The van der Waals surface area contributed by atoms with Crippen LogP contribution in [0.3, 0.4) is 0 Å². The summed E-state index contributed by atoms with van der Waals surface area (Å²) in [5, 5.41) is 2.84. The number of hydrogen-bond donors (Lipinski definition) is 1. The first-order chi connectivity index (χ1) is 9.47. The lowest BCUT2D eigenvalue weighted by Crippen LogP contribution is -2.28. The molecule has 0 saturated carbocycles. The van der Waals surface area contributed by atoms with E-state index in [1.807, 2.05) is 20.8 Å². The summed E-state index contributed by atoms with van der Waals surface area (Å²) in [6.07, 6.45) is -0.382. The van der Waals surface area contributed by atoms with Crippen molar-refractivity contribution in [2.75, 3.05) is 31.6 Å². The summed E-state index contributed by atoms with van der Waals surface area (Å²) in [4.78, 5) is 14.0. The van der Waals surface area contributed by atoms with Gasteiger partial charge >= 0.3 is 6.09 Å². The van der Waals surface area contributed by atoms with Crippen molar-refractivity contribution >= 4 is 24.2 Å². The highest BCUT2D eigenvalue weighted by Gasteiger charge is 2.09. The van der Waals surface area contributed by atoms with E-state index in [0.29, 0.717) is 6.61 Å². The predicted molar refractivity (Wildman–Crippen MR) is 90.7 cm³/mol. The number of anilines is 1. The number of nitrogens with one attached hydrogen (secondary N) is 1. The second-order valence-corrected chi connectivity index (χ2v) is 5.06. The van der Waals surface area contributed by atoms with E-state index >= 15 is 0 Å². The first-order valence-electron chi connectivity index (χ1n) is 7.21. The van der Waals surface area contributed by atoms with Crippen LogP contribution in [0.5, 0.6) is 0 Å². The fourth-order valence-corrected chi connectivity index (χ4v) is 2.32. The van der Waals surface area contributed by atoms with Crippen LogP contribution in [0.15, 0.2) is 12.1 Å². The molecule has 120 valence electrons. The summed E-state index contributed by atoms with van der Waals surface area (Å²) in [5.74, 6) is 0. The van der Waals surface area contributed by atoms with Crippen molar-refractivity contribution in [3.05, 3.63) is 28.8 Å². The van der Waals surface area contributed by atoms with Crippen molar-refractivity contribution in [1.82, 2.24) is 4.90 Å². The molecule has 0 saturated heterocycles. The topological polar surface area (TPSA) is 41.6 Å². The van der Waals surface area contributed by atoms with Crippen molar-refractivity contribution in [1.29, 1.82) is 0 Å². The van der Waals surface area contributed by atoms with Crippen molar-refractivity contribution in [3.63, 3.8) is 0 Å². The quantitative estimate of drug-likeness (QED) is 0.865. The highest BCUT2D eigenvalue weighted by Crippen LogP contribution is 2.21. The Bertz CT molecular complexity index is 437. The zero-order valence-electron chi connectivity index (χ0n) is 13.7. The molecule has 0 fully saturated rings. The highest BCUT2D eigenvalue weighted by molar-refractivity contribution is 5.87. The van der Waals surface area contributed by atoms with Gasteiger partial charge in [0.15, 0.2) is 0 Å². The molecular weight excluding hydrogens is 288 g/mol. The van der Waals surface area contributed by atoms with Crippen LogP contribution in [-0.2, 0) is 4.74 Å². The highest BCUT2D eigenvalue weighted by atomic mass is 35.5. The Labute approximate surface area is 134 Å².